The zero-order valence-corrected chi connectivity index (χ0v) is 15.3. The summed E-state index contributed by atoms with van der Waals surface area (Å²) in [6, 6.07) is 3.56. The quantitative estimate of drug-likeness (QED) is 0.810. The average Bonchev–Trinajstić information content (AvgIpc) is 2.49. The minimum absolute atomic E-state index is 0.0834. The van der Waals surface area contributed by atoms with Gasteiger partial charge in [0.1, 0.15) is 11.4 Å². The number of halogens is 1. The molecule has 0 atom stereocenters. The van der Waals surface area contributed by atoms with E-state index >= 15 is 0 Å². The van der Waals surface area contributed by atoms with Crippen molar-refractivity contribution in [3.8, 4) is 5.75 Å². The number of amides is 1. The maximum absolute atomic E-state index is 12.6. The number of benzene rings is 1. The second-order valence-electron chi connectivity index (χ2n) is 7.46. The molecule has 2 heterocycles. The van der Waals surface area contributed by atoms with Crippen LogP contribution in [0.15, 0.2) is 12.1 Å². The fraction of sp³-hybridized carbons (Fsp3) is 0.579. The highest BCUT2D eigenvalue weighted by molar-refractivity contribution is 6.31. The van der Waals surface area contributed by atoms with Gasteiger partial charge in [0.2, 0.25) is 5.91 Å². The minimum atomic E-state index is -0.473. The van der Waals surface area contributed by atoms with E-state index in [1.54, 1.807) is 6.07 Å². The molecule has 0 N–H and O–H groups in total. The first kappa shape index (κ1) is 17.3. The van der Waals surface area contributed by atoms with Gasteiger partial charge in [-0.15, -0.1) is 0 Å². The van der Waals surface area contributed by atoms with Gasteiger partial charge in [-0.25, -0.2) is 0 Å². The summed E-state index contributed by atoms with van der Waals surface area (Å²) in [5.41, 5.74) is 1.01. The van der Waals surface area contributed by atoms with Crippen molar-refractivity contribution in [2.24, 2.45) is 5.92 Å². The smallest absolute Gasteiger partial charge is 0.222 e. The van der Waals surface area contributed by atoms with E-state index in [2.05, 4.69) is 13.8 Å². The lowest BCUT2D eigenvalue weighted by Crippen LogP contribution is -2.52. The van der Waals surface area contributed by atoms with E-state index in [0.717, 1.165) is 5.56 Å². The van der Waals surface area contributed by atoms with Gasteiger partial charge in [-0.3, -0.25) is 9.59 Å². The largest absolute Gasteiger partial charge is 0.486 e. The summed E-state index contributed by atoms with van der Waals surface area (Å²) in [5, 5.41) is 0.593. The van der Waals surface area contributed by atoms with Crippen molar-refractivity contribution >= 4 is 23.3 Å². The van der Waals surface area contributed by atoms with Crippen LogP contribution < -0.4 is 4.74 Å². The predicted octanol–water partition coefficient (Wildman–Crippen LogP) is 4.02. The molecule has 2 aliphatic heterocycles. The Bertz CT molecular complexity index is 675. The number of ketones is 1. The summed E-state index contributed by atoms with van der Waals surface area (Å²) in [6.45, 7) is 7.32. The monoisotopic (exact) mass is 349 g/mol. The van der Waals surface area contributed by atoms with E-state index in [4.69, 9.17) is 16.3 Å². The molecule has 0 aromatic heterocycles. The van der Waals surface area contributed by atoms with Crippen molar-refractivity contribution < 1.29 is 14.3 Å². The Morgan fingerprint density at radius 3 is 2.62 bits per heavy atom. The fourth-order valence-electron chi connectivity index (χ4n) is 3.54. The number of nitrogens with zero attached hydrogens (tertiary/aromatic N) is 1. The number of likely N-dealkylation sites (tertiary alicyclic amines) is 1. The van der Waals surface area contributed by atoms with Gasteiger partial charge >= 0.3 is 0 Å². The van der Waals surface area contributed by atoms with Gasteiger partial charge in [0.15, 0.2) is 5.78 Å². The average molecular weight is 350 g/mol. The summed E-state index contributed by atoms with van der Waals surface area (Å²) in [7, 11) is 0. The summed E-state index contributed by atoms with van der Waals surface area (Å²) in [5.74, 6) is 1.28. The van der Waals surface area contributed by atoms with Crippen LogP contribution in [0.5, 0.6) is 5.75 Å². The highest BCUT2D eigenvalue weighted by atomic mass is 35.5. The SMILES string of the molecule is Cc1cc2c(cc1Cl)C(=O)CC1(CCN(C(=O)CC(C)C)CC1)O2. The van der Waals surface area contributed by atoms with E-state index in [0.29, 0.717) is 61.0 Å². The molecule has 130 valence electrons. The van der Waals surface area contributed by atoms with Crippen molar-refractivity contribution in [1.29, 1.82) is 0 Å². The van der Waals surface area contributed by atoms with Crippen LogP contribution in [-0.4, -0.2) is 35.3 Å². The topological polar surface area (TPSA) is 46.6 Å². The molecule has 0 bridgehead atoms. The van der Waals surface area contributed by atoms with Crippen molar-refractivity contribution in [3.63, 3.8) is 0 Å². The molecule has 2 aliphatic rings. The van der Waals surface area contributed by atoms with Crippen molar-refractivity contribution in [3.05, 3.63) is 28.3 Å². The van der Waals surface area contributed by atoms with Crippen LogP contribution in [0.1, 0.15) is 55.5 Å². The molecule has 1 spiro atoms. The molecule has 1 fully saturated rings. The summed E-state index contributed by atoms with van der Waals surface area (Å²) < 4.78 is 6.26. The molecule has 1 aromatic carbocycles. The molecule has 0 aliphatic carbocycles. The summed E-state index contributed by atoms with van der Waals surface area (Å²) >= 11 is 6.13. The first-order valence-electron chi connectivity index (χ1n) is 8.60. The van der Waals surface area contributed by atoms with Gasteiger partial charge in [0, 0.05) is 37.4 Å². The summed E-state index contributed by atoms with van der Waals surface area (Å²) in [4.78, 5) is 26.7. The van der Waals surface area contributed by atoms with Crippen LogP contribution in [-0.2, 0) is 4.79 Å². The van der Waals surface area contributed by atoms with Gasteiger partial charge < -0.3 is 9.64 Å². The standard InChI is InChI=1S/C19H24ClNO3/c1-12(2)8-18(23)21-6-4-19(5-7-21)11-16(22)14-10-15(20)13(3)9-17(14)24-19/h9-10,12H,4-8,11H2,1-3H3. The van der Waals surface area contributed by atoms with Crippen LogP contribution in [0.25, 0.3) is 0 Å². The molecule has 5 heteroatoms. The maximum Gasteiger partial charge on any atom is 0.222 e. The van der Waals surface area contributed by atoms with Crippen LogP contribution in [0.4, 0.5) is 0 Å². The van der Waals surface area contributed by atoms with Crippen LogP contribution >= 0.6 is 11.6 Å². The van der Waals surface area contributed by atoms with Gasteiger partial charge in [-0.05, 0) is 30.5 Å². The third kappa shape index (κ3) is 3.30. The number of rotatable bonds is 2. The van der Waals surface area contributed by atoms with Gasteiger partial charge in [0.25, 0.3) is 0 Å². The summed E-state index contributed by atoms with van der Waals surface area (Å²) in [6.07, 6.45) is 2.34. The maximum atomic E-state index is 12.6. The minimum Gasteiger partial charge on any atom is -0.486 e. The zero-order valence-electron chi connectivity index (χ0n) is 14.5. The molecule has 1 saturated heterocycles. The molecule has 24 heavy (non-hydrogen) atoms. The number of hydrogen-bond donors (Lipinski definition) is 0. The Labute approximate surface area is 148 Å². The Morgan fingerprint density at radius 1 is 1.33 bits per heavy atom. The van der Waals surface area contributed by atoms with Crippen molar-refractivity contribution in [2.75, 3.05) is 13.1 Å². The van der Waals surface area contributed by atoms with E-state index in [9.17, 15) is 9.59 Å². The van der Waals surface area contributed by atoms with Gasteiger partial charge in [-0.2, -0.15) is 0 Å². The van der Waals surface area contributed by atoms with E-state index in [-0.39, 0.29) is 11.7 Å². The lowest BCUT2D eigenvalue weighted by molar-refractivity contribution is -0.135. The first-order chi connectivity index (χ1) is 11.3. The Hall–Kier alpha value is -1.55. The molecule has 0 radical (unpaired) electrons. The Kier molecular flexibility index (Phi) is 4.60. The van der Waals surface area contributed by atoms with Gasteiger partial charge in [0.05, 0.1) is 12.0 Å². The van der Waals surface area contributed by atoms with E-state index in [1.165, 1.54) is 0 Å². The molecule has 0 saturated carbocycles. The third-order valence-electron chi connectivity index (χ3n) is 4.98. The first-order valence-corrected chi connectivity index (χ1v) is 8.97. The van der Waals surface area contributed by atoms with E-state index in [1.807, 2.05) is 17.9 Å². The molecule has 1 amide bonds. The molecule has 4 nitrogen and oxygen atoms in total. The number of piperidine rings is 1. The lowest BCUT2D eigenvalue weighted by Gasteiger charge is -2.44. The Balaban J connectivity index is 1.74. The van der Waals surface area contributed by atoms with Crippen molar-refractivity contribution in [2.45, 2.75) is 52.1 Å². The molecular formula is C19H24ClNO3. The number of Topliss-reactive ketones (excluding diaryl/α,β-unsaturated/α-hetero) is 1. The highest BCUT2D eigenvalue weighted by Gasteiger charge is 2.43. The van der Waals surface area contributed by atoms with Crippen LogP contribution in [0.3, 0.4) is 0 Å². The number of ether oxygens (including phenoxy) is 1. The van der Waals surface area contributed by atoms with Crippen LogP contribution in [0.2, 0.25) is 5.02 Å². The third-order valence-corrected chi connectivity index (χ3v) is 5.39. The molecule has 3 rings (SSSR count). The number of fused-ring (bicyclic) bond motifs is 1. The van der Waals surface area contributed by atoms with Crippen molar-refractivity contribution in [1.82, 2.24) is 4.90 Å². The second-order valence-corrected chi connectivity index (χ2v) is 7.87. The lowest BCUT2D eigenvalue weighted by atomic mass is 9.82. The fourth-order valence-corrected chi connectivity index (χ4v) is 3.70. The van der Waals surface area contributed by atoms with E-state index < -0.39 is 5.60 Å². The number of hydrogen-bond acceptors (Lipinski definition) is 3. The van der Waals surface area contributed by atoms with Gasteiger partial charge in [-0.1, -0.05) is 25.4 Å². The predicted molar refractivity (Wildman–Crippen MR) is 93.8 cm³/mol. The number of carbonyl (C=O) groups is 2. The Morgan fingerprint density at radius 2 is 2.00 bits per heavy atom. The normalized spacial score (nSPS) is 19.4. The highest BCUT2D eigenvalue weighted by Crippen LogP contribution is 2.41. The number of aryl methyl sites for hydroxylation is 1. The second kappa shape index (κ2) is 6.40. The van der Waals surface area contributed by atoms with Crippen LogP contribution in [0, 0.1) is 12.8 Å². The molecule has 1 aromatic rings. The zero-order chi connectivity index (χ0) is 17.5. The molecular weight excluding hydrogens is 326 g/mol. The molecule has 0 unspecified atom stereocenters. The number of carbonyl (C=O) groups excluding carboxylic acids is 2.